The second-order valence-electron chi connectivity index (χ2n) is 7.24. The van der Waals surface area contributed by atoms with Crippen molar-refractivity contribution in [2.24, 2.45) is 0 Å². The van der Waals surface area contributed by atoms with Crippen LogP contribution in [0.5, 0.6) is 11.5 Å². The van der Waals surface area contributed by atoms with Gasteiger partial charge in [0.25, 0.3) is 0 Å². The molecule has 1 aliphatic rings. The number of nitro groups is 1. The summed E-state index contributed by atoms with van der Waals surface area (Å²) in [6.45, 7) is 3.57. The maximum Gasteiger partial charge on any atom is 0.338 e. The van der Waals surface area contributed by atoms with Crippen molar-refractivity contribution in [3.8, 4) is 11.5 Å². The number of hydrogen-bond acceptors (Lipinski definition) is 7. The van der Waals surface area contributed by atoms with Crippen molar-refractivity contribution in [3.05, 3.63) is 73.9 Å². The molecule has 2 aromatic rings. The lowest BCUT2D eigenvalue weighted by Gasteiger charge is -2.29. The fraction of sp³-hybridized carbons (Fsp3) is 0.304. The number of carbonyl (C=O) groups is 2. The number of carbonyl (C=O) groups excluding carboxylic acids is 2. The second kappa shape index (κ2) is 10.9. The number of nitrogens with zero attached hydrogens (tertiary/aromatic N) is 1. The van der Waals surface area contributed by atoms with Gasteiger partial charge in [-0.05, 0) is 42.7 Å². The van der Waals surface area contributed by atoms with Gasteiger partial charge in [0.2, 0.25) is 5.75 Å². The van der Waals surface area contributed by atoms with Gasteiger partial charge >= 0.3 is 17.7 Å². The lowest BCUT2D eigenvalue weighted by atomic mass is 9.93. The number of amides is 2. The third-order valence-electron chi connectivity index (χ3n) is 5.08. The van der Waals surface area contributed by atoms with E-state index in [0.29, 0.717) is 22.7 Å². The molecule has 1 unspecified atom stereocenters. The second-order valence-corrected chi connectivity index (χ2v) is 7.68. The van der Waals surface area contributed by atoms with E-state index in [9.17, 15) is 19.7 Å². The molecule has 0 spiro atoms. The Balaban J connectivity index is 2.07. The smallest absolute Gasteiger partial charge is 0.338 e. The Bertz CT molecular complexity index is 1150. The molecular formula is C23H24ClN3O7. The van der Waals surface area contributed by atoms with Crippen molar-refractivity contribution in [2.75, 3.05) is 13.7 Å². The van der Waals surface area contributed by atoms with Crippen molar-refractivity contribution in [3.63, 3.8) is 0 Å². The Morgan fingerprint density at radius 3 is 2.62 bits per heavy atom. The van der Waals surface area contributed by atoms with Gasteiger partial charge in [0.15, 0.2) is 5.75 Å². The largest absolute Gasteiger partial charge is 0.493 e. The first-order valence-electron chi connectivity index (χ1n) is 10.5. The number of methoxy groups -OCH3 is 1. The summed E-state index contributed by atoms with van der Waals surface area (Å²) in [4.78, 5) is 36.3. The number of benzene rings is 2. The number of ether oxygens (including phenoxy) is 3. The molecule has 0 aliphatic carbocycles. The van der Waals surface area contributed by atoms with Crippen molar-refractivity contribution >= 4 is 29.3 Å². The molecule has 0 saturated carbocycles. The molecule has 1 heterocycles. The molecule has 0 aromatic heterocycles. The highest BCUT2D eigenvalue weighted by Gasteiger charge is 2.35. The van der Waals surface area contributed by atoms with Gasteiger partial charge in [-0.3, -0.25) is 10.1 Å². The number of rotatable bonds is 9. The molecule has 0 bridgehead atoms. The Kier molecular flexibility index (Phi) is 7.95. The van der Waals surface area contributed by atoms with Gasteiger partial charge in [-0.1, -0.05) is 30.7 Å². The van der Waals surface area contributed by atoms with Crippen LogP contribution in [0.3, 0.4) is 0 Å². The maximum absolute atomic E-state index is 12.7. The van der Waals surface area contributed by atoms with E-state index in [-0.39, 0.29) is 41.5 Å². The average Bonchev–Trinajstić information content (AvgIpc) is 2.81. The minimum absolute atomic E-state index is 0.00908. The molecule has 2 aromatic carbocycles. The summed E-state index contributed by atoms with van der Waals surface area (Å²) in [7, 11) is 1.34. The number of hydrogen-bond donors (Lipinski definition) is 2. The van der Waals surface area contributed by atoms with Crippen LogP contribution in [-0.2, 0) is 16.1 Å². The highest BCUT2D eigenvalue weighted by atomic mass is 35.5. The minimum Gasteiger partial charge on any atom is -0.493 e. The molecule has 11 heteroatoms. The van der Waals surface area contributed by atoms with Crippen LogP contribution in [0.15, 0.2) is 47.7 Å². The maximum atomic E-state index is 12.7. The summed E-state index contributed by atoms with van der Waals surface area (Å²) in [5, 5.41) is 17.7. The molecule has 34 heavy (non-hydrogen) atoms. The highest BCUT2D eigenvalue weighted by Crippen LogP contribution is 2.42. The van der Waals surface area contributed by atoms with E-state index < -0.39 is 23.0 Å². The van der Waals surface area contributed by atoms with E-state index in [1.807, 2.05) is 0 Å². The fourth-order valence-corrected chi connectivity index (χ4v) is 3.80. The first-order chi connectivity index (χ1) is 16.3. The van der Waals surface area contributed by atoms with Gasteiger partial charge in [0.05, 0.1) is 30.3 Å². The Morgan fingerprint density at radius 2 is 2.00 bits per heavy atom. The number of urea groups is 1. The number of allylic oxidation sites excluding steroid dienone is 1. The van der Waals surface area contributed by atoms with E-state index in [1.54, 1.807) is 38.1 Å². The van der Waals surface area contributed by atoms with Gasteiger partial charge in [-0.15, -0.1) is 0 Å². The van der Waals surface area contributed by atoms with E-state index in [4.69, 9.17) is 25.8 Å². The molecule has 2 N–H and O–H groups in total. The van der Waals surface area contributed by atoms with Crippen LogP contribution in [0, 0.1) is 10.1 Å². The molecular weight excluding hydrogens is 466 g/mol. The third-order valence-corrected chi connectivity index (χ3v) is 5.32. The first-order valence-corrected chi connectivity index (χ1v) is 10.9. The molecule has 3 rings (SSSR count). The van der Waals surface area contributed by atoms with Crippen molar-refractivity contribution in [1.29, 1.82) is 0 Å². The molecule has 1 atom stereocenters. The van der Waals surface area contributed by atoms with Crippen molar-refractivity contribution in [2.45, 2.75) is 32.9 Å². The summed E-state index contributed by atoms with van der Waals surface area (Å²) in [5.74, 6) is -0.658. The molecule has 2 amide bonds. The normalized spacial score (nSPS) is 15.3. The molecule has 0 fully saturated rings. The summed E-state index contributed by atoms with van der Waals surface area (Å²) in [6, 6.07) is 8.10. The number of nitro benzene ring substituents is 1. The zero-order valence-electron chi connectivity index (χ0n) is 18.8. The minimum atomic E-state index is -0.989. The predicted molar refractivity (Wildman–Crippen MR) is 124 cm³/mol. The van der Waals surface area contributed by atoms with Gasteiger partial charge in [0.1, 0.15) is 6.61 Å². The Hall–Kier alpha value is -3.79. The van der Waals surface area contributed by atoms with Gasteiger partial charge in [0, 0.05) is 16.8 Å². The summed E-state index contributed by atoms with van der Waals surface area (Å²) < 4.78 is 16.3. The molecule has 1 aliphatic heterocycles. The first kappa shape index (κ1) is 24.8. The van der Waals surface area contributed by atoms with Crippen LogP contribution < -0.4 is 20.1 Å². The molecule has 0 saturated heterocycles. The van der Waals surface area contributed by atoms with Crippen LogP contribution in [0.25, 0.3) is 0 Å². The number of halogens is 1. The van der Waals surface area contributed by atoms with Crippen molar-refractivity contribution in [1.82, 2.24) is 10.6 Å². The number of esters is 1. The number of nitrogens with one attached hydrogen (secondary N) is 2. The van der Waals surface area contributed by atoms with Crippen LogP contribution in [0.4, 0.5) is 10.5 Å². The van der Waals surface area contributed by atoms with Crippen LogP contribution in [0.2, 0.25) is 5.02 Å². The van der Waals surface area contributed by atoms with Crippen LogP contribution in [-0.4, -0.2) is 30.6 Å². The zero-order chi connectivity index (χ0) is 24.8. The third kappa shape index (κ3) is 5.40. The topological polar surface area (TPSA) is 129 Å². The quantitative estimate of drug-likeness (QED) is 0.303. The summed E-state index contributed by atoms with van der Waals surface area (Å²) in [5.41, 5.74) is 1.12. The Morgan fingerprint density at radius 1 is 1.24 bits per heavy atom. The summed E-state index contributed by atoms with van der Waals surface area (Å²) >= 11 is 6.00. The SMILES string of the molecule is CCOC(=O)C1=C(CC)NC(=O)NC1c1cc(OC)c(OCc2cccc(Cl)c2)c([N+](=O)[O-])c1. The lowest BCUT2D eigenvalue weighted by Crippen LogP contribution is -2.45. The van der Waals surface area contributed by atoms with Gasteiger partial charge in [-0.25, -0.2) is 9.59 Å². The van der Waals surface area contributed by atoms with E-state index in [1.165, 1.54) is 19.2 Å². The fourth-order valence-electron chi connectivity index (χ4n) is 3.59. The average molecular weight is 490 g/mol. The molecule has 10 nitrogen and oxygen atoms in total. The summed E-state index contributed by atoms with van der Waals surface area (Å²) in [6.07, 6.45) is 0.345. The van der Waals surface area contributed by atoms with E-state index >= 15 is 0 Å². The lowest BCUT2D eigenvalue weighted by molar-refractivity contribution is -0.386. The molecule has 180 valence electrons. The molecule has 0 radical (unpaired) electrons. The van der Waals surface area contributed by atoms with E-state index in [0.717, 1.165) is 0 Å². The Labute approximate surface area is 201 Å². The predicted octanol–water partition coefficient (Wildman–Crippen LogP) is 4.42. The zero-order valence-corrected chi connectivity index (χ0v) is 19.6. The van der Waals surface area contributed by atoms with Crippen LogP contribution >= 0.6 is 11.6 Å². The monoisotopic (exact) mass is 489 g/mol. The van der Waals surface area contributed by atoms with E-state index in [2.05, 4.69) is 10.6 Å². The van der Waals surface area contributed by atoms with Crippen molar-refractivity contribution < 1.29 is 28.7 Å². The highest BCUT2D eigenvalue weighted by molar-refractivity contribution is 6.30. The van der Waals surface area contributed by atoms with Gasteiger partial charge in [-0.2, -0.15) is 0 Å². The van der Waals surface area contributed by atoms with Crippen LogP contribution in [0.1, 0.15) is 37.4 Å². The standard InChI is InChI=1S/C23H24ClN3O7/c1-4-16-19(22(28)33-5-2)20(26-23(29)25-16)14-10-17(27(30)31)21(18(11-14)32-3)34-12-13-7-6-8-15(24)9-13/h6-11,20H,4-5,12H2,1-3H3,(H2,25,26,29). The van der Waals surface area contributed by atoms with Gasteiger partial charge < -0.3 is 24.8 Å².